The second kappa shape index (κ2) is 10.4. The minimum Gasteiger partial charge on any atom is -0.488 e. The van der Waals surface area contributed by atoms with E-state index in [1.165, 1.54) is 0 Å². The summed E-state index contributed by atoms with van der Waals surface area (Å²) < 4.78 is 6.91. The van der Waals surface area contributed by atoms with Crippen LogP contribution in [0.1, 0.15) is 22.3 Å². The molecule has 0 aromatic heterocycles. The highest BCUT2D eigenvalue weighted by Gasteiger charge is 2.01. The third kappa shape index (κ3) is 6.77. The Morgan fingerprint density at radius 2 is 1.69 bits per heavy atom. The van der Waals surface area contributed by atoms with E-state index in [-0.39, 0.29) is 0 Å². The molecule has 0 fully saturated rings. The van der Waals surface area contributed by atoms with Crippen LogP contribution in [0.25, 0.3) is 12.2 Å². The first-order chi connectivity index (χ1) is 14.1. The third-order valence-electron chi connectivity index (χ3n) is 4.21. The van der Waals surface area contributed by atoms with Crippen LogP contribution in [-0.4, -0.2) is 11.1 Å². The number of para-hydroxylation sites is 1. The Morgan fingerprint density at radius 3 is 2.48 bits per heavy atom. The third-order valence-corrected chi connectivity index (χ3v) is 4.66. The fourth-order valence-electron chi connectivity index (χ4n) is 2.86. The van der Waals surface area contributed by atoms with E-state index >= 15 is 0 Å². The maximum absolute atomic E-state index is 10.7. The Kier molecular flexibility index (Phi) is 7.42. The molecule has 0 heterocycles. The molecule has 1 N–H and O–H groups in total. The van der Waals surface area contributed by atoms with Crippen LogP contribution in [-0.2, 0) is 17.8 Å². The van der Waals surface area contributed by atoms with Gasteiger partial charge in [0.2, 0.25) is 0 Å². The summed E-state index contributed by atoms with van der Waals surface area (Å²) in [5.41, 5.74) is 4.08. The van der Waals surface area contributed by atoms with E-state index < -0.39 is 5.97 Å². The maximum atomic E-state index is 10.7. The molecule has 3 rings (SSSR count). The first kappa shape index (κ1) is 20.6. The summed E-state index contributed by atoms with van der Waals surface area (Å²) in [7, 11) is 0. The zero-order chi connectivity index (χ0) is 20.5. The van der Waals surface area contributed by atoms with Crippen molar-refractivity contribution in [2.75, 3.05) is 0 Å². The van der Waals surface area contributed by atoms with Crippen LogP contribution in [0.4, 0.5) is 0 Å². The number of hydrogen-bond donors (Lipinski definition) is 1. The van der Waals surface area contributed by atoms with E-state index in [0.717, 1.165) is 45.0 Å². The molecule has 0 radical (unpaired) electrons. The molecule has 4 heteroatoms. The van der Waals surface area contributed by atoms with Gasteiger partial charge < -0.3 is 9.84 Å². The van der Waals surface area contributed by atoms with Crippen molar-refractivity contribution in [1.82, 2.24) is 0 Å². The average molecular weight is 449 g/mol. The Bertz CT molecular complexity index is 1020. The molecule has 0 spiro atoms. The lowest BCUT2D eigenvalue weighted by Crippen LogP contribution is -1.96. The normalized spacial score (nSPS) is 11.2. The van der Waals surface area contributed by atoms with Crippen LogP contribution in [0.15, 0.2) is 89.4 Å². The van der Waals surface area contributed by atoms with Crippen molar-refractivity contribution in [2.24, 2.45) is 0 Å². The fraction of sp³-hybridized carbons (Fsp3) is 0.0800. The summed E-state index contributed by atoms with van der Waals surface area (Å²) in [6, 6.07) is 23.9. The average Bonchev–Trinajstić information content (AvgIpc) is 2.72. The maximum Gasteiger partial charge on any atom is 0.328 e. The van der Waals surface area contributed by atoms with Gasteiger partial charge in [-0.15, -0.1) is 0 Å². The van der Waals surface area contributed by atoms with Crippen molar-refractivity contribution in [2.45, 2.75) is 13.0 Å². The van der Waals surface area contributed by atoms with Crippen LogP contribution in [0.5, 0.6) is 5.75 Å². The van der Waals surface area contributed by atoms with Crippen molar-refractivity contribution in [3.63, 3.8) is 0 Å². The zero-order valence-corrected chi connectivity index (χ0v) is 17.4. The minimum absolute atomic E-state index is 0.524. The number of hydrogen-bond acceptors (Lipinski definition) is 2. The Morgan fingerprint density at radius 1 is 0.931 bits per heavy atom. The molecular weight excluding hydrogens is 428 g/mol. The summed E-state index contributed by atoms with van der Waals surface area (Å²) in [6.45, 7) is 0.524. The molecule has 29 heavy (non-hydrogen) atoms. The molecule has 3 aromatic carbocycles. The van der Waals surface area contributed by atoms with Gasteiger partial charge in [-0.1, -0.05) is 82.7 Å². The SMILES string of the molecule is O=C(O)C=Cc1cc(Br)cc(CC=Cc2ccccc2OCc2ccccc2)c1. The predicted octanol–water partition coefficient (Wildman–Crippen LogP) is 6.38. The van der Waals surface area contributed by atoms with Gasteiger partial charge in [0.15, 0.2) is 0 Å². The number of allylic oxidation sites excluding steroid dienone is 1. The van der Waals surface area contributed by atoms with Crippen LogP contribution >= 0.6 is 15.9 Å². The second-order valence-corrected chi connectivity index (χ2v) is 7.40. The molecule has 0 aliphatic carbocycles. The molecule has 0 saturated heterocycles. The smallest absolute Gasteiger partial charge is 0.328 e. The Labute approximate surface area is 179 Å². The van der Waals surface area contributed by atoms with Gasteiger partial charge in [0.05, 0.1) is 0 Å². The minimum atomic E-state index is -0.960. The largest absolute Gasteiger partial charge is 0.488 e. The number of aliphatic carboxylic acids is 1. The lowest BCUT2D eigenvalue weighted by atomic mass is 10.1. The number of benzene rings is 3. The van der Waals surface area contributed by atoms with E-state index in [1.807, 2.05) is 78.9 Å². The van der Waals surface area contributed by atoms with Crippen molar-refractivity contribution in [1.29, 1.82) is 0 Å². The lowest BCUT2D eigenvalue weighted by molar-refractivity contribution is -0.131. The first-order valence-corrected chi connectivity index (χ1v) is 10.0. The number of carboxylic acid groups (broad SMARTS) is 1. The van der Waals surface area contributed by atoms with Gasteiger partial charge in [-0.05, 0) is 47.4 Å². The molecule has 0 aliphatic heterocycles. The van der Waals surface area contributed by atoms with Crippen molar-refractivity contribution in [3.05, 3.63) is 112 Å². The molecule has 146 valence electrons. The number of halogens is 1. The quantitative estimate of drug-likeness (QED) is 0.406. The highest BCUT2D eigenvalue weighted by Crippen LogP contribution is 2.22. The monoisotopic (exact) mass is 448 g/mol. The molecule has 0 atom stereocenters. The molecular formula is C25H21BrO3. The number of rotatable bonds is 8. The summed E-state index contributed by atoms with van der Waals surface area (Å²) in [5, 5.41) is 8.80. The molecule has 0 aliphatic rings. The van der Waals surface area contributed by atoms with E-state index in [2.05, 4.69) is 22.0 Å². The molecule has 0 unspecified atom stereocenters. The molecule has 0 bridgehead atoms. The topological polar surface area (TPSA) is 46.5 Å². The lowest BCUT2D eigenvalue weighted by Gasteiger charge is -2.09. The van der Waals surface area contributed by atoms with Gasteiger partial charge in [0.1, 0.15) is 12.4 Å². The standard InChI is InChI=1S/C25H21BrO3/c26-23-16-20(15-21(17-23)13-14-25(27)28)9-6-11-22-10-4-5-12-24(22)29-18-19-7-2-1-3-8-19/h1-8,10-17H,9,18H2,(H,27,28). The number of carbonyl (C=O) groups is 1. The Hall–Kier alpha value is -3.11. The molecule has 3 nitrogen and oxygen atoms in total. The molecule has 0 amide bonds. The summed E-state index contributed by atoms with van der Waals surface area (Å²) in [5.74, 6) is -0.120. The Balaban J connectivity index is 1.68. The van der Waals surface area contributed by atoms with E-state index in [9.17, 15) is 4.79 Å². The van der Waals surface area contributed by atoms with Gasteiger partial charge >= 0.3 is 5.97 Å². The first-order valence-electron chi connectivity index (χ1n) is 9.23. The summed E-state index contributed by atoms with van der Waals surface area (Å²) >= 11 is 3.49. The summed E-state index contributed by atoms with van der Waals surface area (Å²) in [4.78, 5) is 10.7. The van der Waals surface area contributed by atoms with Crippen LogP contribution in [0.3, 0.4) is 0 Å². The van der Waals surface area contributed by atoms with Gasteiger partial charge in [-0.3, -0.25) is 0 Å². The molecule has 0 saturated carbocycles. The molecule has 3 aromatic rings. The van der Waals surface area contributed by atoms with Gasteiger partial charge in [0.25, 0.3) is 0 Å². The highest BCUT2D eigenvalue weighted by atomic mass is 79.9. The highest BCUT2D eigenvalue weighted by molar-refractivity contribution is 9.10. The van der Waals surface area contributed by atoms with E-state index in [1.54, 1.807) is 6.08 Å². The van der Waals surface area contributed by atoms with Crippen LogP contribution in [0.2, 0.25) is 0 Å². The summed E-state index contributed by atoms with van der Waals surface area (Å²) in [6.07, 6.45) is 7.58. The van der Waals surface area contributed by atoms with Crippen LogP contribution in [0, 0.1) is 0 Å². The van der Waals surface area contributed by atoms with Gasteiger partial charge in [0, 0.05) is 16.1 Å². The predicted molar refractivity (Wildman–Crippen MR) is 121 cm³/mol. The van der Waals surface area contributed by atoms with Crippen molar-refractivity contribution in [3.8, 4) is 5.75 Å². The van der Waals surface area contributed by atoms with Gasteiger partial charge in [-0.25, -0.2) is 4.79 Å². The second-order valence-electron chi connectivity index (χ2n) is 6.48. The van der Waals surface area contributed by atoms with E-state index in [4.69, 9.17) is 9.84 Å². The van der Waals surface area contributed by atoms with Crippen molar-refractivity contribution >= 4 is 34.1 Å². The zero-order valence-electron chi connectivity index (χ0n) is 15.8. The number of ether oxygens (including phenoxy) is 1. The van der Waals surface area contributed by atoms with Crippen LogP contribution < -0.4 is 4.74 Å². The van der Waals surface area contributed by atoms with Gasteiger partial charge in [-0.2, -0.15) is 0 Å². The fourth-order valence-corrected chi connectivity index (χ4v) is 3.42. The number of carboxylic acids is 1. The van der Waals surface area contributed by atoms with E-state index in [0.29, 0.717) is 6.61 Å². The van der Waals surface area contributed by atoms with Crippen molar-refractivity contribution < 1.29 is 14.6 Å².